The molecule has 1 fully saturated rings. The molecule has 1 heterocycles. The Labute approximate surface area is 141 Å². The molecule has 7 heteroatoms. The van der Waals surface area contributed by atoms with Crippen LogP contribution in [0.15, 0.2) is 36.9 Å². The normalized spacial score (nSPS) is 18.0. The monoisotopic (exact) mass is 353 g/mol. The van der Waals surface area contributed by atoms with Crippen LogP contribution in [0.25, 0.3) is 0 Å². The summed E-state index contributed by atoms with van der Waals surface area (Å²) >= 11 is 5.95. The zero-order valence-corrected chi connectivity index (χ0v) is 14.4. The number of hydrogen-bond donors (Lipinski definition) is 0. The SMILES string of the molecule is O=S(=O)(C1CCCCC1)C(Cn1cncn1)c1ccc(Cl)cc1. The largest absolute Gasteiger partial charge is 0.251 e. The summed E-state index contributed by atoms with van der Waals surface area (Å²) in [6.07, 6.45) is 7.58. The minimum Gasteiger partial charge on any atom is -0.251 e. The van der Waals surface area contributed by atoms with E-state index in [4.69, 9.17) is 11.6 Å². The van der Waals surface area contributed by atoms with Crippen LogP contribution in [0.3, 0.4) is 0 Å². The summed E-state index contributed by atoms with van der Waals surface area (Å²) in [4.78, 5) is 3.91. The fraction of sp³-hybridized carbons (Fsp3) is 0.500. The fourth-order valence-electron chi connectivity index (χ4n) is 3.20. The van der Waals surface area contributed by atoms with Gasteiger partial charge in [0.2, 0.25) is 0 Å². The number of rotatable bonds is 5. The van der Waals surface area contributed by atoms with Crippen molar-refractivity contribution < 1.29 is 8.42 Å². The number of sulfone groups is 1. The van der Waals surface area contributed by atoms with Gasteiger partial charge >= 0.3 is 0 Å². The third kappa shape index (κ3) is 3.75. The molecular formula is C16H20ClN3O2S. The van der Waals surface area contributed by atoms with E-state index in [1.165, 1.54) is 6.33 Å². The maximum Gasteiger partial charge on any atom is 0.161 e. The third-order valence-corrected chi connectivity index (χ3v) is 7.34. The van der Waals surface area contributed by atoms with E-state index in [0.717, 1.165) is 37.7 Å². The molecule has 1 aromatic carbocycles. The minimum atomic E-state index is -3.30. The number of nitrogens with zero attached hydrogens (tertiary/aromatic N) is 3. The summed E-state index contributed by atoms with van der Waals surface area (Å²) < 4.78 is 28.0. The smallest absolute Gasteiger partial charge is 0.161 e. The maximum absolute atomic E-state index is 13.2. The molecule has 0 saturated heterocycles. The Morgan fingerprint density at radius 2 is 1.87 bits per heavy atom. The first-order valence-corrected chi connectivity index (χ1v) is 9.86. The average Bonchev–Trinajstić information content (AvgIpc) is 3.08. The summed E-state index contributed by atoms with van der Waals surface area (Å²) in [6, 6.07) is 7.07. The number of benzene rings is 1. The van der Waals surface area contributed by atoms with Gasteiger partial charge in [-0.2, -0.15) is 5.10 Å². The van der Waals surface area contributed by atoms with Crippen LogP contribution in [0.2, 0.25) is 5.02 Å². The van der Waals surface area contributed by atoms with E-state index in [0.29, 0.717) is 5.02 Å². The van der Waals surface area contributed by atoms with E-state index >= 15 is 0 Å². The molecule has 1 saturated carbocycles. The first-order valence-electron chi connectivity index (χ1n) is 7.88. The lowest BCUT2D eigenvalue weighted by atomic mass is 10.0. The van der Waals surface area contributed by atoms with Crippen molar-refractivity contribution >= 4 is 21.4 Å². The van der Waals surface area contributed by atoms with E-state index in [1.54, 1.807) is 35.3 Å². The van der Waals surface area contributed by atoms with Crippen LogP contribution in [0, 0.1) is 0 Å². The molecule has 5 nitrogen and oxygen atoms in total. The van der Waals surface area contributed by atoms with Crippen LogP contribution in [-0.2, 0) is 16.4 Å². The molecule has 124 valence electrons. The lowest BCUT2D eigenvalue weighted by Crippen LogP contribution is -2.31. The van der Waals surface area contributed by atoms with Crippen molar-refractivity contribution in [2.75, 3.05) is 0 Å². The second-order valence-corrected chi connectivity index (χ2v) is 8.86. The van der Waals surface area contributed by atoms with Crippen LogP contribution >= 0.6 is 11.6 Å². The molecule has 0 aliphatic heterocycles. The van der Waals surface area contributed by atoms with Gasteiger partial charge in [-0.05, 0) is 30.5 Å². The van der Waals surface area contributed by atoms with E-state index in [1.807, 2.05) is 0 Å². The Hall–Kier alpha value is -1.40. The zero-order chi connectivity index (χ0) is 16.3. The van der Waals surface area contributed by atoms with Crippen molar-refractivity contribution in [3.8, 4) is 0 Å². The molecule has 0 bridgehead atoms. The van der Waals surface area contributed by atoms with E-state index in [9.17, 15) is 8.42 Å². The highest BCUT2D eigenvalue weighted by Gasteiger charge is 2.36. The van der Waals surface area contributed by atoms with Crippen LogP contribution in [-0.4, -0.2) is 28.4 Å². The minimum absolute atomic E-state index is 0.263. The van der Waals surface area contributed by atoms with Gasteiger partial charge in [0.1, 0.15) is 17.9 Å². The van der Waals surface area contributed by atoms with Gasteiger partial charge in [-0.25, -0.2) is 13.4 Å². The third-order valence-electron chi connectivity index (χ3n) is 4.47. The maximum atomic E-state index is 13.2. The first-order chi connectivity index (χ1) is 11.1. The molecule has 1 aliphatic rings. The first kappa shape index (κ1) is 16.5. The Kier molecular flexibility index (Phi) is 5.02. The molecular weight excluding hydrogens is 334 g/mol. The lowest BCUT2D eigenvalue weighted by Gasteiger charge is -2.27. The molecule has 23 heavy (non-hydrogen) atoms. The molecule has 0 radical (unpaired) electrons. The van der Waals surface area contributed by atoms with Gasteiger partial charge in [0.25, 0.3) is 0 Å². The Bertz CT molecular complexity index is 723. The predicted molar refractivity (Wildman–Crippen MR) is 90.0 cm³/mol. The van der Waals surface area contributed by atoms with Crippen molar-refractivity contribution in [3.05, 3.63) is 47.5 Å². The number of hydrogen-bond acceptors (Lipinski definition) is 4. The van der Waals surface area contributed by atoms with Crippen molar-refractivity contribution in [2.24, 2.45) is 0 Å². The summed E-state index contributed by atoms with van der Waals surface area (Å²) in [6.45, 7) is 0.278. The van der Waals surface area contributed by atoms with Gasteiger partial charge in [-0.3, -0.25) is 4.68 Å². The standard InChI is InChI=1S/C16H20ClN3O2S/c17-14-8-6-13(7-9-14)16(10-20-12-18-11-19-20)23(21,22)15-4-2-1-3-5-15/h6-9,11-12,15-16H,1-5,10H2. The van der Waals surface area contributed by atoms with Gasteiger partial charge in [0.15, 0.2) is 9.84 Å². The highest BCUT2D eigenvalue weighted by molar-refractivity contribution is 7.92. The molecule has 3 rings (SSSR count). The molecule has 1 unspecified atom stereocenters. The van der Waals surface area contributed by atoms with Gasteiger partial charge < -0.3 is 0 Å². The molecule has 1 aliphatic carbocycles. The van der Waals surface area contributed by atoms with Crippen molar-refractivity contribution in [3.63, 3.8) is 0 Å². The topological polar surface area (TPSA) is 64.8 Å². The van der Waals surface area contributed by atoms with Gasteiger partial charge in [-0.15, -0.1) is 0 Å². The summed E-state index contributed by atoms with van der Waals surface area (Å²) in [5, 5.41) is 3.79. The molecule has 0 N–H and O–H groups in total. The van der Waals surface area contributed by atoms with Crippen molar-refractivity contribution in [2.45, 2.75) is 49.1 Å². The molecule has 1 atom stereocenters. The quantitative estimate of drug-likeness (QED) is 0.826. The Morgan fingerprint density at radius 1 is 1.17 bits per heavy atom. The second kappa shape index (κ2) is 7.01. The average molecular weight is 354 g/mol. The predicted octanol–water partition coefficient (Wildman–Crippen LogP) is 3.42. The lowest BCUT2D eigenvalue weighted by molar-refractivity contribution is 0.469. The number of aromatic nitrogens is 3. The molecule has 2 aromatic rings. The van der Waals surface area contributed by atoms with Crippen LogP contribution in [0.1, 0.15) is 42.9 Å². The van der Waals surface area contributed by atoms with Crippen molar-refractivity contribution in [1.29, 1.82) is 0 Å². The van der Waals surface area contributed by atoms with E-state index in [-0.39, 0.29) is 11.8 Å². The molecule has 1 aromatic heterocycles. The fourth-order valence-corrected chi connectivity index (χ4v) is 5.68. The Balaban J connectivity index is 1.94. The van der Waals surface area contributed by atoms with Gasteiger partial charge in [-0.1, -0.05) is 43.0 Å². The highest BCUT2D eigenvalue weighted by Crippen LogP contribution is 2.34. The Morgan fingerprint density at radius 3 is 2.48 bits per heavy atom. The van der Waals surface area contributed by atoms with Gasteiger partial charge in [0, 0.05) is 5.02 Å². The second-order valence-electron chi connectivity index (χ2n) is 6.01. The van der Waals surface area contributed by atoms with E-state index in [2.05, 4.69) is 10.1 Å². The van der Waals surface area contributed by atoms with Crippen LogP contribution in [0.5, 0.6) is 0 Å². The highest BCUT2D eigenvalue weighted by atomic mass is 35.5. The zero-order valence-electron chi connectivity index (χ0n) is 12.8. The van der Waals surface area contributed by atoms with Crippen molar-refractivity contribution in [1.82, 2.24) is 14.8 Å². The van der Waals surface area contributed by atoms with Gasteiger partial charge in [0.05, 0.1) is 11.8 Å². The van der Waals surface area contributed by atoms with E-state index < -0.39 is 15.1 Å². The molecule has 0 spiro atoms. The summed E-state index contributed by atoms with van der Waals surface area (Å²) in [7, 11) is -3.30. The van der Waals surface area contributed by atoms with Crippen LogP contribution in [0.4, 0.5) is 0 Å². The summed E-state index contributed by atoms with van der Waals surface area (Å²) in [5.41, 5.74) is 0.760. The molecule has 0 amide bonds. The van der Waals surface area contributed by atoms with Crippen LogP contribution < -0.4 is 0 Å². The number of halogens is 1. The summed E-state index contributed by atoms with van der Waals surface area (Å²) in [5.74, 6) is 0.